The Labute approximate surface area is 169 Å². The Morgan fingerprint density at radius 2 is 2.07 bits per heavy atom. The molecule has 6 nitrogen and oxygen atoms in total. The first-order valence-electron chi connectivity index (χ1n) is 10.4. The van der Waals surface area contributed by atoms with E-state index in [4.69, 9.17) is 4.99 Å². The van der Waals surface area contributed by atoms with Crippen LogP contribution in [0.4, 0.5) is 5.69 Å². The minimum atomic E-state index is 0.398. The molecule has 1 atom stereocenters. The number of aliphatic imine (C=N–C) groups is 1. The van der Waals surface area contributed by atoms with Crippen LogP contribution in [0.1, 0.15) is 38.6 Å². The van der Waals surface area contributed by atoms with Crippen LogP contribution in [0.2, 0.25) is 0 Å². The maximum atomic E-state index is 4.79. The fourth-order valence-corrected chi connectivity index (χ4v) is 3.58. The second kappa shape index (κ2) is 9.62. The van der Waals surface area contributed by atoms with Crippen LogP contribution in [0.15, 0.2) is 41.7 Å². The van der Waals surface area contributed by atoms with Gasteiger partial charge >= 0.3 is 0 Å². The molecule has 2 N–H and O–H groups in total. The normalized spacial score (nSPS) is 17.4. The molecule has 1 aliphatic heterocycles. The summed E-state index contributed by atoms with van der Waals surface area (Å²) in [6, 6.07) is 9.19. The molecule has 152 valence electrons. The highest BCUT2D eigenvalue weighted by Crippen LogP contribution is 2.20. The van der Waals surface area contributed by atoms with E-state index >= 15 is 0 Å². The first-order valence-corrected chi connectivity index (χ1v) is 10.4. The van der Waals surface area contributed by atoms with E-state index in [1.807, 2.05) is 12.4 Å². The van der Waals surface area contributed by atoms with E-state index in [-0.39, 0.29) is 0 Å². The molecule has 0 radical (unpaired) electrons. The van der Waals surface area contributed by atoms with Crippen LogP contribution in [0.5, 0.6) is 0 Å². The summed E-state index contributed by atoms with van der Waals surface area (Å²) < 4.78 is 2.20. The zero-order valence-corrected chi connectivity index (χ0v) is 17.7. The van der Waals surface area contributed by atoms with Gasteiger partial charge in [0.25, 0.3) is 0 Å². The van der Waals surface area contributed by atoms with Crippen LogP contribution >= 0.6 is 0 Å². The monoisotopic (exact) mass is 382 g/mol. The smallest absolute Gasteiger partial charge is 0.191 e. The lowest BCUT2D eigenvalue weighted by atomic mass is 10.2. The summed E-state index contributed by atoms with van der Waals surface area (Å²) in [5.41, 5.74) is 2.60. The van der Waals surface area contributed by atoms with E-state index in [0.29, 0.717) is 18.5 Å². The molecular weight excluding hydrogens is 348 g/mol. The number of anilines is 1. The zero-order chi connectivity index (χ0) is 19.9. The van der Waals surface area contributed by atoms with Gasteiger partial charge in [-0.15, -0.1) is 0 Å². The van der Waals surface area contributed by atoms with E-state index < -0.39 is 0 Å². The maximum Gasteiger partial charge on any atom is 0.191 e. The van der Waals surface area contributed by atoms with E-state index in [0.717, 1.165) is 44.4 Å². The molecule has 0 bridgehead atoms. The van der Waals surface area contributed by atoms with Crippen molar-refractivity contribution in [2.75, 3.05) is 24.5 Å². The van der Waals surface area contributed by atoms with Crippen molar-refractivity contribution in [2.24, 2.45) is 10.9 Å². The average Bonchev–Trinajstić information content (AvgIpc) is 3.30. The van der Waals surface area contributed by atoms with Gasteiger partial charge in [-0.25, -0.2) is 9.98 Å². The van der Waals surface area contributed by atoms with E-state index in [1.54, 1.807) is 0 Å². The van der Waals surface area contributed by atoms with Gasteiger partial charge in [0.15, 0.2) is 5.96 Å². The Hall–Kier alpha value is -2.50. The standard InChI is InChI=1S/C22H34N6/c1-5-23-22(25-14-21-24-11-13-28(21)15-17(2)3)26-19-10-12-27(16-19)20-8-6-18(4)7-9-20/h6-9,11,13,17,19H,5,10,12,14-16H2,1-4H3,(H2,23,25,26). The molecule has 0 aliphatic carbocycles. The number of aryl methyl sites for hydroxylation is 1. The number of benzene rings is 1. The molecular formula is C22H34N6. The number of aromatic nitrogens is 2. The SMILES string of the molecule is CCNC(=NCc1nccn1CC(C)C)NC1CCN(c2ccc(C)cc2)C1. The molecule has 1 unspecified atom stereocenters. The summed E-state index contributed by atoms with van der Waals surface area (Å²) in [7, 11) is 0. The molecule has 0 saturated carbocycles. The molecule has 6 heteroatoms. The summed E-state index contributed by atoms with van der Waals surface area (Å²) in [6.45, 7) is 13.1. The summed E-state index contributed by atoms with van der Waals surface area (Å²) in [4.78, 5) is 11.7. The van der Waals surface area contributed by atoms with Crippen LogP contribution < -0.4 is 15.5 Å². The van der Waals surface area contributed by atoms with Crippen molar-refractivity contribution in [1.29, 1.82) is 0 Å². The molecule has 28 heavy (non-hydrogen) atoms. The number of nitrogens with one attached hydrogen (secondary N) is 2. The van der Waals surface area contributed by atoms with Gasteiger partial charge < -0.3 is 20.1 Å². The lowest BCUT2D eigenvalue weighted by molar-refractivity contribution is 0.507. The quantitative estimate of drug-likeness (QED) is 0.570. The summed E-state index contributed by atoms with van der Waals surface area (Å²) in [6.07, 6.45) is 5.02. The van der Waals surface area contributed by atoms with Crippen molar-refractivity contribution in [3.05, 3.63) is 48.0 Å². The third-order valence-corrected chi connectivity index (χ3v) is 5.01. The van der Waals surface area contributed by atoms with Gasteiger partial charge in [0.1, 0.15) is 12.4 Å². The second-order valence-corrected chi connectivity index (χ2v) is 8.00. The first kappa shape index (κ1) is 20.2. The second-order valence-electron chi connectivity index (χ2n) is 8.00. The fourth-order valence-electron chi connectivity index (χ4n) is 3.58. The summed E-state index contributed by atoms with van der Waals surface area (Å²) in [5.74, 6) is 2.48. The van der Waals surface area contributed by atoms with Gasteiger partial charge in [-0.2, -0.15) is 0 Å². The predicted molar refractivity (Wildman–Crippen MR) is 117 cm³/mol. The molecule has 1 aromatic carbocycles. The van der Waals surface area contributed by atoms with Gasteiger partial charge in [0, 0.05) is 50.3 Å². The van der Waals surface area contributed by atoms with E-state index in [1.165, 1.54) is 11.3 Å². The number of guanidine groups is 1. The maximum absolute atomic E-state index is 4.79. The Morgan fingerprint density at radius 3 is 2.79 bits per heavy atom. The van der Waals surface area contributed by atoms with Crippen LogP contribution in [0.3, 0.4) is 0 Å². The van der Waals surface area contributed by atoms with E-state index in [2.05, 4.69) is 77.0 Å². The van der Waals surface area contributed by atoms with Crippen molar-refractivity contribution in [3.8, 4) is 0 Å². The molecule has 2 heterocycles. The summed E-state index contributed by atoms with van der Waals surface area (Å²) in [5, 5.41) is 6.99. The average molecular weight is 383 g/mol. The lowest BCUT2D eigenvalue weighted by Crippen LogP contribution is -2.44. The van der Waals surface area contributed by atoms with Crippen molar-refractivity contribution < 1.29 is 0 Å². The number of nitrogens with zero attached hydrogens (tertiary/aromatic N) is 4. The number of rotatable bonds is 7. The number of imidazole rings is 1. The predicted octanol–water partition coefficient (Wildman–Crippen LogP) is 3.18. The van der Waals surface area contributed by atoms with Crippen LogP contribution in [-0.2, 0) is 13.1 Å². The molecule has 2 aromatic rings. The first-order chi connectivity index (χ1) is 13.5. The van der Waals surface area contributed by atoms with Gasteiger partial charge in [-0.05, 0) is 38.3 Å². The number of hydrogen-bond donors (Lipinski definition) is 2. The minimum Gasteiger partial charge on any atom is -0.369 e. The molecule has 3 rings (SSSR count). The molecule has 1 aliphatic rings. The molecule has 1 fully saturated rings. The van der Waals surface area contributed by atoms with Gasteiger partial charge in [-0.3, -0.25) is 0 Å². The lowest BCUT2D eigenvalue weighted by Gasteiger charge is -2.20. The van der Waals surface area contributed by atoms with Crippen molar-refractivity contribution in [2.45, 2.75) is 53.2 Å². The van der Waals surface area contributed by atoms with Crippen LogP contribution in [0.25, 0.3) is 0 Å². The van der Waals surface area contributed by atoms with Gasteiger partial charge in [0.05, 0.1) is 0 Å². The third-order valence-electron chi connectivity index (χ3n) is 5.01. The van der Waals surface area contributed by atoms with Gasteiger partial charge in [-0.1, -0.05) is 31.5 Å². The van der Waals surface area contributed by atoms with E-state index in [9.17, 15) is 0 Å². The molecule has 1 aromatic heterocycles. The topological polar surface area (TPSA) is 57.5 Å². The highest BCUT2D eigenvalue weighted by molar-refractivity contribution is 5.80. The molecule has 0 spiro atoms. The van der Waals surface area contributed by atoms with Crippen LogP contribution in [0, 0.1) is 12.8 Å². The number of hydrogen-bond acceptors (Lipinski definition) is 3. The Bertz CT molecular complexity index is 762. The highest BCUT2D eigenvalue weighted by Gasteiger charge is 2.23. The van der Waals surface area contributed by atoms with Crippen molar-refractivity contribution >= 4 is 11.6 Å². The Kier molecular flexibility index (Phi) is 6.95. The summed E-state index contributed by atoms with van der Waals surface area (Å²) >= 11 is 0. The fraction of sp³-hybridized carbons (Fsp3) is 0.545. The molecule has 0 amide bonds. The third kappa shape index (κ3) is 5.50. The van der Waals surface area contributed by atoms with Crippen LogP contribution in [-0.4, -0.2) is 41.2 Å². The van der Waals surface area contributed by atoms with Crippen molar-refractivity contribution in [3.63, 3.8) is 0 Å². The van der Waals surface area contributed by atoms with Gasteiger partial charge in [0.2, 0.25) is 0 Å². The molecule has 1 saturated heterocycles. The minimum absolute atomic E-state index is 0.398. The Morgan fingerprint density at radius 1 is 1.29 bits per heavy atom. The highest BCUT2D eigenvalue weighted by atomic mass is 15.2. The zero-order valence-electron chi connectivity index (χ0n) is 17.7. The van der Waals surface area contributed by atoms with Crippen molar-refractivity contribution in [1.82, 2.24) is 20.2 Å². The largest absolute Gasteiger partial charge is 0.369 e. The Balaban J connectivity index is 1.59.